The summed E-state index contributed by atoms with van der Waals surface area (Å²) in [5.74, 6) is 0.559. The second-order valence-electron chi connectivity index (χ2n) is 4.39. The van der Waals surface area contributed by atoms with Crippen LogP contribution in [0.15, 0.2) is 58.1 Å². The number of amides is 1. The monoisotopic (exact) mass is 346 g/mol. The molecule has 0 unspecified atom stereocenters. The van der Waals surface area contributed by atoms with Gasteiger partial charge < -0.3 is 4.74 Å². The highest BCUT2D eigenvalue weighted by molar-refractivity contribution is 9.10. The summed E-state index contributed by atoms with van der Waals surface area (Å²) >= 11 is 3.47. The van der Waals surface area contributed by atoms with Gasteiger partial charge in [0.05, 0.1) is 10.7 Å². The minimum absolute atomic E-state index is 0.201. The SMILES string of the molecule is CC(=O)N/N=C/c1ccc(OCc2ccccc2)c(Br)c1. The summed E-state index contributed by atoms with van der Waals surface area (Å²) in [6, 6.07) is 15.6. The maximum Gasteiger partial charge on any atom is 0.236 e. The van der Waals surface area contributed by atoms with Gasteiger partial charge in [-0.05, 0) is 45.3 Å². The first-order valence-electron chi connectivity index (χ1n) is 6.41. The molecule has 1 N–H and O–H groups in total. The van der Waals surface area contributed by atoms with Gasteiger partial charge in [-0.2, -0.15) is 5.10 Å². The minimum Gasteiger partial charge on any atom is -0.488 e. The number of hydrogen-bond acceptors (Lipinski definition) is 3. The Morgan fingerprint density at radius 2 is 2.05 bits per heavy atom. The van der Waals surface area contributed by atoms with Crippen molar-refractivity contribution in [3.05, 3.63) is 64.1 Å². The Morgan fingerprint density at radius 3 is 2.71 bits per heavy atom. The molecule has 0 aliphatic heterocycles. The number of nitrogens with one attached hydrogen (secondary N) is 1. The van der Waals surface area contributed by atoms with Gasteiger partial charge in [0.15, 0.2) is 0 Å². The second-order valence-corrected chi connectivity index (χ2v) is 5.24. The third-order valence-electron chi connectivity index (χ3n) is 2.63. The molecule has 0 atom stereocenters. The molecule has 108 valence electrons. The minimum atomic E-state index is -0.201. The van der Waals surface area contributed by atoms with Crippen LogP contribution in [0.3, 0.4) is 0 Å². The van der Waals surface area contributed by atoms with Gasteiger partial charge >= 0.3 is 0 Å². The van der Waals surface area contributed by atoms with Gasteiger partial charge in [0.2, 0.25) is 5.91 Å². The summed E-state index contributed by atoms with van der Waals surface area (Å²) in [6.45, 7) is 1.92. The molecule has 0 aliphatic rings. The topological polar surface area (TPSA) is 50.7 Å². The average Bonchev–Trinajstić information content (AvgIpc) is 2.47. The van der Waals surface area contributed by atoms with Crippen LogP contribution in [0.1, 0.15) is 18.1 Å². The number of carbonyl (C=O) groups excluding carboxylic acids is 1. The molecule has 0 radical (unpaired) electrons. The molecule has 2 aromatic carbocycles. The van der Waals surface area contributed by atoms with E-state index < -0.39 is 0 Å². The van der Waals surface area contributed by atoms with Crippen LogP contribution in [0.4, 0.5) is 0 Å². The molecule has 2 aromatic rings. The quantitative estimate of drug-likeness (QED) is 0.665. The van der Waals surface area contributed by atoms with E-state index in [4.69, 9.17) is 4.74 Å². The Kier molecular flexibility index (Phi) is 5.51. The van der Waals surface area contributed by atoms with E-state index in [9.17, 15) is 4.79 Å². The zero-order valence-corrected chi connectivity index (χ0v) is 13.1. The standard InChI is InChI=1S/C16H15BrN2O2/c1-12(20)19-18-10-14-7-8-16(15(17)9-14)21-11-13-5-3-2-4-6-13/h2-10H,11H2,1H3,(H,19,20)/b18-10+. The Morgan fingerprint density at radius 1 is 1.29 bits per heavy atom. The molecular formula is C16H15BrN2O2. The Labute approximate surface area is 132 Å². The molecule has 2 rings (SSSR count). The first-order valence-corrected chi connectivity index (χ1v) is 7.20. The van der Waals surface area contributed by atoms with Crippen LogP contribution in [-0.2, 0) is 11.4 Å². The van der Waals surface area contributed by atoms with Gasteiger partial charge in [-0.3, -0.25) is 4.79 Å². The highest BCUT2D eigenvalue weighted by Crippen LogP contribution is 2.26. The number of carbonyl (C=O) groups is 1. The number of hydrogen-bond donors (Lipinski definition) is 1. The molecule has 0 aliphatic carbocycles. The molecule has 0 spiro atoms. The Bertz CT molecular complexity index is 642. The smallest absolute Gasteiger partial charge is 0.236 e. The first-order chi connectivity index (χ1) is 10.1. The van der Waals surface area contributed by atoms with Crippen molar-refractivity contribution in [2.75, 3.05) is 0 Å². The van der Waals surface area contributed by atoms with E-state index in [-0.39, 0.29) is 5.91 Å². The first kappa shape index (κ1) is 15.3. The van der Waals surface area contributed by atoms with Crippen molar-refractivity contribution >= 4 is 28.1 Å². The molecule has 0 saturated carbocycles. The summed E-state index contributed by atoms with van der Waals surface area (Å²) in [7, 11) is 0. The van der Waals surface area contributed by atoms with Crippen molar-refractivity contribution < 1.29 is 9.53 Å². The van der Waals surface area contributed by atoms with Crippen molar-refractivity contribution in [1.29, 1.82) is 0 Å². The van der Waals surface area contributed by atoms with Gasteiger partial charge in [0, 0.05) is 6.92 Å². The molecule has 0 bridgehead atoms. The molecule has 0 saturated heterocycles. The summed E-state index contributed by atoms with van der Waals surface area (Å²) < 4.78 is 6.60. The molecular weight excluding hydrogens is 332 g/mol. The van der Waals surface area contributed by atoms with Crippen LogP contribution >= 0.6 is 15.9 Å². The lowest BCUT2D eigenvalue weighted by Gasteiger charge is -2.08. The lowest BCUT2D eigenvalue weighted by atomic mass is 10.2. The molecule has 21 heavy (non-hydrogen) atoms. The maximum atomic E-state index is 10.7. The molecule has 0 aromatic heterocycles. The van der Waals surface area contributed by atoms with Crippen LogP contribution in [0.5, 0.6) is 5.75 Å². The van der Waals surface area contributed by atoms with E-state index in [1.54, 1.807) is 6.21 Å². The predicted molar refractivity (Wildman–Crippen MR) is 86.3 cm³/mol. The fourth-order valence-corrected chi connectivity index (χ4v) is 2.16. The number of ether oxygens (including phenoxy) is 1. The van der Waals surface area contributed by atoms with E-state index in [1.807, 2.05) is 48.5 Å². The van der Waals surface area contributed by atoms with Crippen molar-refractivity contribution in [3.63, 3.8) is 0 Å². The lowest BCUT2D eigenvalue weighted by Crippen LogP contribution is -2.12. The molecule has 5 heteroatoms. The molecule has 4 nitrogen and oxygen atoms in total. The van der Waals surface area contributed by atoms with Gasteiger partial charge in [-0.25, -0.2) is 5.43 Å². The number of benzene rings is 2. The predicted octanol–water partition coefficient (Wildman–Crippen LogP) is 3.50. The van der Waals surface area contributed by atoms with Gasteiger partial charge in [0.1, 0.15) is 12.4 Å². The van der Waals surface area contributed by atoms with Crippen molar-refractivity contribution in [2.45, 2.75) is 13.5 Å². The zero-order chi connectivity index (χ0) is 15.1. The third-order valence-corrected chi connectivity index (χ3v) is 3.25. The van der Waals surface area contributed by atoms with E-state index in [0.29, 0.717) is 6.61 Å². The maximum absolute atomic E-state index is 10.7. The van der Waals surface area contributed by atoms with Crippen molar-refractivity contribution in [1.82, 2.24) is 5.43 Å². The number of nitrogens with zero attached hydrogens (tertiary/aromatic N) is 1. The van der Waals surface area contributed by atoms with Crippen molar-refractivity contribution in [2.24, 2.45) is 5.10 Å². The highest BCUT2D eigenvalue weighted by atomic mass is 79.9. The van der Waals surface area contributed by atoms with E-state index >= 15 is 0 Å². The van der Waals surface area contributed by atoms with Crippen LogP contribution in [0.25, 0.3) is 0 Å². The number of halogens is 1. The number of hydrazone groups is 1. The highest BCUT2D eigenvalue weighted by Gasteiger charge is 2.02. The lowest BCUT2D eigenvalue weighted by molar-refractivity contribution is -0.118. The van der Waals surface area contributed by atoms with Crippen LogP contribution in [-0.4, -0.2) is 12.1 Å². The van der Waals surface area contributed by atoms with Gasteiger partial charge in [-0.1, -0.05) is 30.3 Å². The van der Waals surface area contributed by atoms with E-state index in [1.165, 1.54) is 6.92 Å². The fraction of sp³-hybridized carbons (Fsp3) is 0.125. The second kappa shape index (κ2) is 7.59. The summed E-state index contributed by atoms with van der Waals surface area (Å²) in [6.07, 6.45) is 1.58. The zero-order valence-electron chi connectivity index (χ0n) is 11.5. The summed E-state index contributed by atoms with van der Waals surface area (Å²) in [4.78, 5) is 10.7. The van der Waals surface area contributed by atoms with Crippen LogP contribution in [0, 0.1) is 0 Å². The van der Waals surface area contributed by atoms with Gasteiger partial charge in [-0.15, -0.1) is 0 Å². The Balaban J connectivity index is 1.99. The van der Waals surface area contributed by atoms with Gasteiger partial charge in [0.25, 0.3) is 0 Å². The molecule has 0 heterocycles. The van der Waals surface area contributed by atoms with Crippen LogP contribution < -0.4 is 10.2 Å². The number of rotatable bonds is 5. The van der Waals surface area contributed by atoms with E-state index in [0.717, 1.165) is 21.3 Å². The summed E-state index contributed by atoms with van der Waals surface area (Å²) in [5, 5.41) is 3.82. The largest absolute Gasteiger partial charge is 0.488 e. The molecule has 1 amide bonds. The van der Waals surface area contributed by atoms with E-state index in [2.05, 4.69) is 26.5 Å². The Hall–Kier alpha value is -2.14. The summed E-state index contributed by atoms with van der Waals surface area (Å²) in [5.41, 5.74) is 4.33. The molecule has 0 fully saturated rings. The third kappa shape index (κ3) is 5.04. The normalized spacial score (nSPS) is 10.6. The van der Waals surface area contributed by atoms with Crippen molar-refractivity contribution in [3.8, 4) is 5.75 Å². The average molecular weight is 347 g/mol. The fourth-order valence-electron chi connectivity index (χ4n) is 1.65. The van der Waals surface area contributed by atoms with Crippen LogP contribution in [0.2, 0.25) is 0 Å².